The molecule has 0 radical (unpaired) electrons. The van der Waals surface area contributed by atoms with E-state index < -0.39 is 18.0 Å². The number of rotatable bonds is 4. The molecule has 3 rings (SSSR count). The van der Waals surface area contributed by atoms with Crippen molar-refractivity contribution in [2.75, 3.05) is 5.32 Å². The van der Waals surface area contributed by atoms with E-state index in [9.17, 15) is 9.59 Å². The molecule has 6 nitrogen and oxygen atoms in total. The maximum atomic E-state index is 12.4. The van der Waals surface area contributed by atoms with Gasteiger partial charge in [-0.15, -0.1) is 0 Å². The lowest BCUT2D eigenvalue weighted by Crippen LogP contribution is -2.30. The average Bonchev–Trinajstić information content (AvgIpc) is 2.90. The van der Waals surface area contributed by atoms with Gasteiger partial charge in [0.25, 0.3) is 5.91 Å². The Bertz CT molecular complexity index is 980. The summed E-state index contributed by atoms with van der Waals surface area (Å²) < 4.78 is 5.27. The van der Waals surface area contributed by atoms with Crippen molar-refractivity contribution in [3.63, 3.8) is 0 Å². The molecule has 0 fully saturated rings. The number of nitrogens with one attached hydrogen (secondary N) is 2. The molecule has 0 saturated carbocycles. The highest BCUT2D eigenvalue weighted by Gasteiger charge is 2.20. The summed E-state index contributed by atoms with van der Waals surface area (Å²) in [7, 11) is 0. The number of carbonyl (C=O) groups excluding carboxylic acids is 2. The van der Waals surface area contributed by atoms with Crippen LogP contribution in [0.15, 0.2) is 36.5 Å². The van der Waals surface area contributed by atoms with Gasteiger partial charge in [0.2, 0.25) is 0 Å². The van der Waals surface area contributed by atoms with Crippen molar-refractivity contribution in [3.8, 4) is 0 Å². The first-order valence-electron chi connectivity index (χ1n) is 8.07. The van der Waals surface area contributed by atoms with Crippen LogP contribution in [-0.4, -0.2) is 27.9 Å². The highest BCUT2D eigenvalue weighted by molar-refractivity contribution is 6.30. The van der Waals surface area contributed by atoms with E-state index in [1.165, 1.54) is 13.1 Å². The van der Waals surface area contributed by atoms with Crippen LogP contribution in [0.3, 0.4) is 0 Å². The molecule has 1 aromatic carbocycles. The van der Waals surface area contributed by atoms with Crippen LogP contribution in [0.5, 0.6) is 0 Å². The third kappa shape index (κ3) is 3.70. The van der Waals surface area contributed by atoms with Gasteiger partial charge in [-0.2, -0.15) is 0 Å². The van der Waals surface area contributed by atoms with Gasteiger partial charge in [-0.1, -0.05) is 11.6 Å². The average molecular weight is 372 g/mol. The largest absolute Gasteiger partial charge is 0.449 e. The number of pyridine rings is 1. The van der Waals surface area contributed by atoms with E-state index in [-0.39, 0.29) is 0 Å². The van der Waals surface area contributed by atoms with Gasteiger partial charge in [-0.05, 0) is 56.7 Å². The van der Waals surface area contributed by atoms with E-state index in [1.807, 2.05) is 19.9 Å². The number of hydrogen-bond acceptors (Lipinski definition) is 4. The first-order chi connectivity index (χ1) is 12.3. The van der Waals surface area contributed by atoms with E-state index >= 15 is 0 Å². The van der Waals surface area contributed by atoms with Crippen molar-refractivity contribution in [2.24, 2.45) is 0 Å². The number of benzene rings is 1. The second kappa shape index (κ2) is 7.17. The number of anilines is 1. The molecular weight excluding hydrogens is 354 g/mol. The van der Waals surface area contributed by atoms with Crippen molar-refractivity contribution < 1.29 is 14.3 Å². The molecule has 0 bridgehead atoms. The summed E-state index contributed by atoms with van der Waals surface area (Å²) in [5, 5.41) is 4.00. The number of ether oxygens (including phenoxy) is 1. The predicted molar refractivity (Wildman–Crippen MR) is 101 cm³/mol. The number of esters is 1. The van der Waals surface area contributed by atoms with Gasteiger partial charge in [0.15, 0.2) is 6.10 Å². The van der Waals surface area contributed by atoms with Crippen molar-refractivity contribution in [2.45, 2.75) is 26.9 Å². The van der Waals surface area contributed by atoms with Crippen LogP contribution in [0, 0.1) is 13.8 Å². The van der Waals surface area contributed by atoms with E-state index in [0.29, 0.717) is 16.4 Å². The van der Waals surface area contributed by atoms with Gasteiger partial charge in [0, 0.05) is 22.8 Å². The fourth-order valence-electron chi connectivity index (χ4n) is 2.55. The zero-order valence-electron chi connectivity index (χ0n) is 14.6. The van der Waals surface area contributed by atoms with E-state index in [2.05, 4.69) is 15.3 Å². The molecule has 26 heavy (non-hydrogen) atoms. The second-order valence-corrected chi connectivity index (χ2v) is 6.47. The Hall–Kier alpha value is -2.86. The normalized spacial score (nSPS) is 12.0. The minimum Gasteiger partial charge on any atom is -0.449 e. The number of aromatic amines is 1. The lowest BCUT2D eigenvalue weighted by Gasteiger charge is -2.13. The quantitative estimate of drug-likeness (QED) is 0.678. The molecule has 7 heteroatoms. The van der Waals surface area contributed by atoms with Gasteiger partial charge in [-0.3, -0.25) is 4.79 Å². The van der Waals surface area contributed by atoms with Crippen LogP contribution in [-0.2, 0) is 9.53 Å². The molecule has 0 aliphatic heterocycles. The molecule has 1 amide bonds. The summed E-state index contributed by atoms with van der Waals surface area (Å²) in [4.78, 5) is 31.8. The molecule has 2 N–H and O–H groups in total. The Balaban J connectivity index is 1.69. The lowest BCUT2D eigenvalue weighted by atomic mass is 10.1. The number of hydrogen-bond donors (Lipinski definition) is 2. The van der Waals surface area contributed by atoms with Gasteiger partial charge < -0.3 is 15.0 Å². The minimum atomic E-state index is -0.968. The molecule has 3 aromatic rings. The van der Waals surface area contributed by atoms with Gasteiger partial charge in [-0.25, -0.2) is 9.78 Å². The van der Waals surface area contributed by atoms with Crippen molar-refractivity contribution in [1.29, 1.82) is 0 Å². The number of carbonyl (C=O) groups is 2. The summed E-state index contributed by atoms with van der Waals surface area (Å²) in [6, 6.07) is 8.44. The smallest absolute Gasteiger partial charge is 0.338 e. The number of fused-ring (bicyclic) bond motifs is 1. The molecule has 2 heterocycles. The zero-order valence-corrected chi connectivity index (χ0v) is 15.3. The van der Waals surface area contributed by atoms with Crippen molar-refractivity contribution in [3.05, 3.63) is 58.4 Å². The predicted octanol–water partition coefficient (Wildman–Crippen LogP) is 4.02. The zero-order chi connectivity index (χ0) is 18.8. The highest BCUT2D eigenvalue weighted by atomic mass is 35.5. The molecule has 0 aliphatic rings. The number of aryl methyl sites for hydroxylation is 2. The summed E-state index contributed by atoms with van der Waals surface area (Å²) in [6.07, 6.45) is 0.453. The van der Waals surface area contributed by atoms with Crippen LogP contribution >= 0.6 is 11.6 Å². The Morgan fingerprint density at radius 2 is 2.00 bits per heavy atom. The Kier molecular flexibility index (Phi) is 4.95. The van der Waals surface area contributed by atoms with Gasteiger partial charge in [0.1, 0.15) is 5.82 Å². The monoisotopic (exact) mass is 371 g/mol. The molecule has 0 saturated heterocycles. The molecule has 1 atom stereocenters. The Morgan fingerprint density at radius 1 is 1.23 bits per heavy atom. The van der Waals surface area contributed by atoms with E-state index in [0.717, 1.165) is 22.2 Å². The fourth-order valence-corrected chi connectivity index (χ4v) is 2.66. The van der Waals surface area contributed by atoms with Crippen LogP contribution < -0.4 is 5.32 Å². The van der Waals surface area contributed by atoms with Crippen LogP contribution in [0.25, 0.3) is 10.9 Å². The molecule has 0 aliphatic carbocycles. The number of H-pyrrole nitrogens is 1. The number of amides is 1. The fraction of sp³-hybridized carbons (Fsp3) is 0.211. The Labute approximate surface area is 155 Å². The maximum Gasteiger partial charge on any atom is 0.338 e. The number of aromatic nitrogens is 2. The van der Waals surface area contributed by atoms with Gasteiger partial charge >= 0.3 is 5.97 Å². The minimum absolute atomic E-state index is 0.335. The first-order valence-corrected chi connectivity index (χ1v) is 8.45. The molecule has 2 aromatic heterocycles. The second-order valence-electron chi connectivity index (χ2n) is 6.03. The molecule has 0 spiro atoms. The lowest BCUT2D eigenvalue weighted by molar-refractivity contribution is -0.123. The van der Waals surface area contributed by atoms with E-state index in [1.54, 1.807) is 24.3 Å². The van der Waals surface area contributed by atoms with Crippen LogP contribution in [0.2, 0.25) is 5.02 Å². The summed E-state index contributed by atoms with van der Waals surface area (Å²) in [6.45, 7) is 5.47. The molecular formula is C19H18ClN3O3. The van der Waals surface area contributed by atoms with Crippen molar-refractivity contribution >= 4 is 40.2 Å². The standard InChI is InChI=1S/C19H18ClN3O3/c1-10-11(2)22-16-6-4-13(8-15(10)16)19(25)26-12(3)18(24)23-17-7-5-14(20)9-21-17/h4-9,12,22H,1-3H3,(H,21,23,24)/t12-/m0/s1. The Morgan fingerprint density at radius 3 is 2.69 bits per heavy atom. The van der Waals surface area contributed by atoms with Crippen LogP contribution in [0.4, 0.5) is 5.82 Å². The summed E-state index contributed by atoms with van der Waals surface area (Å²) >= 11 is 5.75. The maximum absolute atomic E-state index is 12.4. The number of nitrogens with zero attached hydrogens (tertiary/aromatic N) is 1. The molecule has 134 valence electrons. The van der Waals surface area contributed by atoms with Crippen LogP contribution in [0.1, 0.15) is 28.5 Å². The third-order valence-electron chi connectivity index (χ3n) is 4.18. The first kappa shape index (κ1) is 17.9. The summed E-state index contributed by atoms with van der Waals surface area (Å²) in [5.74, 6) is -0.693. The number of halogens is 1. The summed E-state index contributed by atoms with van der Waals surface area (Å²) in [5.41, 5.74) is 3.48. The van der Waals surface area contributed by atoms with E-state index in [4.69, 9.17) is 16.3 Å². The van der Waals surface area contributed by atoms with Gasteiger partial charge in [0.05, 0.1) is 10.6 Å². The third-order valence-corrected chi connectivity index (χ3v) is 4.40. The molecule has 0 unspecified atom stereocenters. The highest BCUT2D eigenvalue weighted by Crippen LogP contribution is 2.23. The SMILES string of the molecule is Cc1[nH]c2ccc(C(=O)O[C@@H](C)C(=O)Nc3ccc(Cl)cn3)cc2c1C. The topological polar surface area (TPSA) is 84.1 Å². The van der Waals surface area contributed by atoms with Crippen molar-refractivity contribution in [1.82, 2.24) is 9.97 Å².